The zero-order valence-electron chi connectivity index (χ0n) is 10.6. The Labute approximate surface area is 111 Å². The minimum atomic E-state index is 0.482. The fourth-order valence-electron chi connectivity index (χ4n) is 1.60. The minimum absolute atomic E-state index is 0.482. The second kappa shape index (κ2) is 6.51. The standard InChI is InChI=1S/C14H15N3O2/c1-11-3-2-4-12(7-11)9-19-14-6-5-13(8-15-14)16-10-17-18/h2-8,10,18H,9H2,1H3,(H,16,17). The largest absolute Gasteiger partial charge is 0.473 e. The molecule has 2 N–H and O–H groups in total. The van der Waals surface area contributed by atoms with Gasteiger partial charge in [-0.25, -0.2) is 9.98 Å². The molecule has 0 unspecified atom stereocenters. The third-order valence-electron chi connectivity index (χ3n) is 2.46. The van der Waals surface area contributed by atoms with E-state index in [2.05, 4.69) is 16.0 Å². The third-order valence-corrected chi connectivity index (χ3v) is 2.46. The first-order valence-corrected chi connectivity index (χ1v) is 5.84. The van der Waals surface area contributed by atoms with Gasteiger partial charge in [0.2, 0.25) is 5.88 Å². The van der Waals surface area contributed by atoms with E-state index in [4.69, 9.17) is 9.94 Å². The molecular weight excluding hydrogens is 242 g/mol. The highest BCUT2D eigenvalue weighted by Gasteiger charge is 1.98. The van der Waals surface area contributed by atoms with E-state index in [9.17, 15) is 0 Å². The van der Waals surface area contributed by atoms with Crippen molar-refractivity contribution in [2.24, 2.45) is 4.99 Å². The second-order valence-electron chi connectivity index (χ2n) is 4.02. The van der Waals surface area contributed by atoms with Crippen molar-refractivity contribution in [1.29, 1.82) is 0 Å². The highest BCUT2D eigenvalue weighted by atomic mass is 16.5. The van der Waals surface area contributed by atoms with Crippen molar-refractivity contribution in [2.75, 3.05) is 0 Å². The molecule has 0 atom stereocenters. The molecule has 0 aliphatic heterocycles. The molecule has 98 valence electrons. The normalized spacial score (nSPS) is 10.6. The van der Waals surface area contributed by atoms with Crippen molar-refractivity contribution in [1.82, 2.24) is 10.5 Å². The smallest absolute Gasteiger partial charge is 0.213 e. The van der Waals surface area contributed by atoms with E-state index in [1.807, 2.05) is 30.6 Å². The lowest BCUT2D eigenvalue weighted by molar-refractivity contribution is 0.240. The lowest BCUT2D eigenvalue weighted by atomic mass is 10.1. The molecule has 2 rings (SSSR count). The Balaban J connectivity index is 1.94. The number of aliphatic imine (C=N–C) groups is 1. The lowest BCUT2D eigenvalue weighted by Crippen LogP contribution is -2.01. The van der Waals surface area contributed by atoms with E-state index in [-0.39, 0.29) is 0 Å². The Morgan fingerprint density at radius 2 is 2.26 bits per heavy atom. The Morgan fingerprint density at radius 3 is 2.95 bits per heavy atom. The Morgan fingerprint density at radius 1 is 1.37 bits per heavy atom. The third kappa shape index (κ3) is 4.08. The van der Waals surface area contributed by atoms with E-state index in [1.54, 1.807) is 18.3 Å². The quantitative estimate of drug-likeness (QED) is 0.491. The molecule has 1 aromatic carbocycles. The maximum Gasteiger partial charge on any atom is 0.213 e. The second-order valence-corrected chi connectivity index (χ2v) is 4.02. The van der Waals surface area contributed by atoms with Gasteiger partial charge in [-0.05, 0) is 18.6 Å². The number of hydrogen-bond acceptors (Lipinski definition) is 4. The molecule has 1 aromatic heterocycles. The van der Waals surface area contributed by atoms with Crippen molar-refractivity contribution < 1.29 is 9.94 Å². The summed E-state index contributed by atoms with van der Waals surface area (Å²) in [5.41, 5.74) is 4.77. The summed E-state index contributed by atoms with van der Waals surface area (Å²) in [6, 6.07) is 11.6. The first-order chi connectivity index (χ1) is 9.28. The molecule has 0 saturated carbocycles. The van der Waals surface area contributed by atoms with Crippen LogP contribution in [0.3, 0.4) is 0 Å². The van der Waals surface area contributed by atoms with Crippen molar-refractivity contribution in [2.45, 2.75) is 13.5 Å². The highest BCUT2D eigenvalue weighted by Crippen LogP contribution is 2.15. The SMILES string of the molecule is Cc1cccc(COc2ccc(N=CNO)cn2)c1. The number of aryl methyl sites for hydroxylation is 1. The Hall–Kier alpha value is -2.40. The fraction of sp³-hybridized carbons (Fsp3) is 0.143. The molecule has 0 fully saturated rings. The van der Waals surface area contributed by atoms with E-state index in [0.717, 1.165) is 5.56 Å². The molecule has 19 heavy (non-hydrogen) atoms. The predicted octanol–water partition coefficient (Wildman–Crippen LogP) is 2.61. The minimum Gasteiger partial charge on any atom is -0.473 e. The topological polar surface area (TPSA) is 66.7 Å². The van der Waals surface area contributed by atoms with Crippen LogP contribution in [0.1, 0.15) is 11.1 Å². The van der Waals surface area contributed by atoms with E-state index < -0.39 is 0 Å². The molecule has 0 saturated heterocycles. The summed E-state index contributed by atoms with van der Waals surface area (Å²) in [7, 11) is 0. The molecule has 0 aliphatic carbocycles. The number of aromatic nitrogens is 1. The summed E-state index contributed by atoms with van der Waals surface area (Å²) in [6.45, 7) is 2.53. The van der Waals surface area contributed by atoms with Crippen LogP contribution in [0.2, 0.25) is 0 Å². The van der Waals surface area contributed by atoms with Crippen molar-refractivity contribution >= 4 is 12.0 Å². The summed E-state index contributed by atoms with van der Waals surface area (Å²) < 4.78 is 5.58. The van der Waals surface area contributed by atoms with Crippen LogP contribution in [0.4, 0.5) is 5.69 Å². The van der Waals surface area contributed by atoms with E-state index in [0.29, 0.717) is 18.2 Å². The number of hydrogen-bond donors (Lipinski definition) is 2. The van der Waals surface area contributed by atoms with Gasteiger partial charge in [-0.3, -0.25) is 10.7 Å². The number of ether oxygens (including phenoxy) is 1. The predicted molar refractivity (Wildman–Crippen MR) is 72.8 cm³/mol. The molecule has 0 amide bonds. The van der Waals surface area contributed by atoms with Crippen LogP contribution in [-0.4, -0.2) is 16.5 Å². The monoisotopic (exact) mass is 257 g/mol. The van der Waals surface area contributed by atoms with E-state index in [1.165, 1.54) is 11.9 Å². The number of rotatable bonds is 5. The summed E-state index contributed by atoms with van der Waals surface area (Å²) in [5, 5.41) is 8.37. The Kier molecular flexibility index (Phi) is 4.47. The molecule has 0 radical (unpaired) electrons. The summed E-state index contributed by atoms with van der Waals surface area (Å²) >= 11 is 0. The Bertz CT molecular complexity index is 553. The number of pyridine rings is 1. The van der Waals surface area contributed by atoms with Crippen LogP contribution in [0.5, 0.6) is 5.88 Å². The molecule has 0 bridgehead atoms. The molecule has 5 heteroatoms. The van der Waals surface area contributed by atoms with Gasteiger partial charge >= 0.3 is 0 Å². The molecule has 5 nitrogen and oxygen atoms in total. The maximum absolute atomic E-state index is 8.37. The first kappa shape index (κ1) is 13.0. The number of nitrogens with zero attached hydrogens (tertiary/aromatic N) is 2. The van der Waals surface area contributed by atoms with Gasteiger partial charge < -0.3 is 4.74 Å². The van der Waals surface area contributed by atoms with Gasteiger partial charge in [0.25, 0.3) is 0 Å². The van der Waals surface area contributed by atoms with Gasteiger partial charge in [0, 0.05) is 6.07 Å². The molecule has 1 heterocycles. The van der Waals surface area contributed by atoms with Gasteiger partial charge in [0.05, 0.1) is 11.9 Å². The fourth-order valence-corrected chi connectivity index (χ4v) is 1.60. The summed E-state index contributed by atoms with van der Waals surface area (Å²) in [4.78, 5) is 8.02. The summed E-state index contributed by atoms with van der Waals surface area (Å²) in [6.07, 6.45) is 2.74. The summed E-state index contributed by atoms with van der Waals surface area (Å²) in [5.74, 6) is 0.539. The lowest BCUT2D eigenvalue weighted by Gasteiger charge is -2.06. The number of nitrogens with one attached hydrogen (secondary N) is 1. The zero-order chi connectivity index (χ0) is 13.5. The van der Waals surface area contributed by atoms with Gasteiger partial charge in [-0.2, -0.15) is 0 Å². The number of benzene rings is 1. The van der Waals surface area contributed by atoms with Gasteiger partial charge in [0.15, 0.2) is 0 Å². The average Bonchev–Trinajstić information content (AvgIpc) is 2.44. The van der Waals surface area contributed by atoms with Crippen LogP contribution in [0.15, 0.2) is 47.6 Å². The van der Waals surface area contributed by atoms with Crippen LogP contribution in [-0.2, 0) is 6.61 Å². The van der Waals surface area contributed by atoms with Crippen LogP contribution < -0.4 is 10.2 Å². The molecule has 0 spiro atoms. The van der Waals surface area contributed by atoms with Gasteiger partial charge in [-0.1, -0.05) is 29.8 Å². The van der Waals surface area contributed by atoms with Gasteiger partial charge in [-0.15, -0.1) is 0 Å². The molecule has 0 aliphatic rings. The molecule has 2 aromatic rings. The zero-order valence-corrected chi connectivity index (χ0v) is 10.6. The first-order valence-electron chi connectivity index (χ1n) is 5.84. The van der Waals surface area contributed by atoms with Crippen molar-refractivity contribution in [3.8, 4) is 5.88 Å². The van der Waals surface area contributed by atoms with Gasteiger partial charge in [0.1, 0.15) is 12.9 Å². The van der Waals surface area contributed by atoms with Crippen molar-refractivity contribution in [3.63, 3.8) is 0 Å². The van der Waals surface area contributed by atoms with E-state index >= 15 is 0 Å². The van der Waals surface area contributed by atoms with Crippen LogP contribution in [0.25, 0.3) is 0 Å². The number of hydroxylamine groups is 1. The average molecular weight is 257 g/mol. The molecular formula is C14H15N3O2. The van der Waals surface area contributed by atoms with Crippen LogP contribution >= 0.6 is 0 Å². The highest BCUT2D eigenvalue weighted by molar-refractivity contribution is 5.59. The maximum atomic E-state index is 8.37. The van der Waals surface area contributed by atoms with Crippen LogP contribution in [0, 0.1) is 6.92 Å². The van der Waals surface area contributed by atoms with Crippen molar-refractivity contribution in [3.05, 3.63) is 53.7 Å².